The van der Waals surface area contributed by atoms with E-state index >= 15 is 0 Å². The van der Waals surface area contributed by atoms with Crippen LogP contribution in [0.25, 0.3) is 5.65 Å². The van der Waals surface area contributed by atoms with E-state index in [9.17, 15) is 0 Å². The number of hydrogen-bond acceptors (Lipinski definition) is 3. The van der Waals surface area contributed by atoms with Crippen molar-refractivity contribution >= 4 is 43.5 Å². The van der Waals surface area contributed by atoms with Crippen molar-refractivity contribution in [2.75, 3.05) is 11.9 Å². The summed E-state index contributed by atoms with van der Waals surface area (Å²) in [6, 6.07) is 3.83. The van der Waals surface area contributed by atoms with Crippen molar-refractivity contribution in [3.05, 3.63) is 33.9 Å². The van der Waals surface area contributed by atoms with Gasteiger partial charge in [-0.25, -0.2) is 4.52 Å². The second kappa shape index (κ2) is 4.32. The average Bonchev–Trinajstić information content (AvgIpc) is 2.59. The Balaban J connectivity index is 2.31. The van der Waals surface area contributed by atoms with Crippen LogP contribution >= 0.6 is 31.9 Å². The van der Waals surface area contributed by atoms with E-state index in [0.29, 0.717) is 12.5 Å². The van der Waals surface area contributed by atoms with E-state index in [1.165, 1.54) is 0 Å². The Morgan fingerprint density at radius 3 is 3.07 bits per heavy atom. The van der Waals surface area contributed by atoms with E-state index in [4.69, 9.17) is 0 Å². The van der Waals surface area contributed by atoms with Crippen molar-refractivity contribution in [2.24, 2.45) is 0 Å². The summed E-state index contributed by atoms with van der Waals surface area (Å²) < 4.78 is 3.49. The molecule has 0 bridgehead atoms. The van der Waals surface area contributed by atoms with Crippen molar-refractivity contribution in [1.82, 2.24) is 14.6 Å². The third-order valence-corrected chi connectivity index (χ3v) is 2.65. The molecule has 2 aromatic rings. The van der Waals surface area contributed by atoms with Gasteiger partial charge in [-0.2, -0.15) is 4.98 Å². The molecule has 0 radical (unpaired) electrons. The zero-order valence-electron chi connectivity index (χ0n) is 7.74. The van der Waals surface area contributed by atoms with Crippen LogP contribution in [0, 0.1) is 0 Å². The number of aromatic nitrogens is 3. The molecular weight excluding hydrogens is 324 g/mol. The molecule has 1 N–H and O–H groups in total. The van der Waals surface area contributed by atoms with Crippen molar-refractivity contribution in [1.29, 1.82) is 0 Å². The summed E-state index contributed by atoms with van der Waals surface area (Å²) in [5.41, 5.74) is 0.792. The normalized spacial score (nSPS) is 10.5. The fraction of sp³-hybridized carbons (Fsp3) is 0.111. The highest BCUT2D eigenvalue weighted by molar-refractivity contribution is 9.11. The summed E-state index contributed by atoms with van der Waals surface area (Å²) >= 11 is 6.67. The molecule has 78 valence electrons. The van der Waals surface area contributed by atoms with E-state index in [0.717, 1.165) is 14.6 Å². The number of nitrogens with zero attached hydrogens (tertiary/aromatic N) is 3. The number of fused-ring (bicyclic) bond motifs is 1. The molecule has 0 aliphatic heterocycles. The van der Waals surface area contributed by atoms with Gasteiger partial charge in [0.05, 0.1) is 4.47 Å². The fourth-order valence-corrected chi connectivity index (χ4v) is 1.69. The van der Waals surface area contributed by atoms with Crippen LogP contribution in [0.2, 0.25) is 0 Å². The molecule has 2 rings (SSSR count). The first-order chi connectivity index (χ1) is 7.16. The maximum Gasteiger partial charge on any atom is 0.243 e. The van der Waals surface area contributed by atoms with E-state index < -0.39 is 0 Å². The summed E-state index contributed by atoms with van der Waals surface area (Å²) in [4.78, 5) is 4.32. The lowest BCUT2D eigenvalue weighted by molar-refractivity contribution is 0.956. The largest absolute Gasteiger partial charge is 0.348 e. The highest BCUT2D eigenvalue weighted by Gasteiger charge is 2.05. The van der Waals surface area contributed by atoms with Crippen LogP contribution in [0.3, 0.4) is 0 Å². The molecule has 0 fully saturated rings. The van der Waals surface area contributed by atoms with Crippen LogP contribution in [-0.2, 0) is 0 Å². The molecule has 0 saturated heterocycles. The van der Waals surface area contributed by atoms with Gasteiger partial charge in [0, 0.05) is 17.2 Å². The predicted octanol–water partition coefficient (Wildman–Crippen LogP) is 2.81. The number of halogens is 2. The number of hydrogen-bond donors (Lipinski definition) is 1. The molecule has 0 saturated carbocycles. The summed E-state index contributed by atoms with van der Waals surface area (Å²) in [5.74, 6) is 0.586. The van der Waals surface area contributed by atoms with Gasteiger partial charge in [-0.1, -0.05) is 22.5 Å². The number of nitrogens with one attached hydrogen (secondary N) is 1. The third-order valence-electron chi connectivity index (χ3n) is 1.75. The zero-order valence-corrected chi connectivity index (χ0v) is 10.9. The smallest absolute Gasteiger partial charge is 0.243 e. The summed E-state index contributed by atoms with van der Waals surface area (Å²) in [6.45, 7) is 4.33. The highest BCUT2D eigenvalue weighted by Crippen LogP contribution is 2.16. The fourth-order valence-electron chi connectivity index (χ4n) is 1.12. The van der Waals surface area contributed by atoms with E-state index in [-0.39, 0.29) is 0 Å². The molecule has 0 amide bonds. The number of rotatable bonds is 3. The first-order valence-corrected chi connectivity index (χ1v) is 5.83. The molecule has 0 aliphatic carbocycles. The van der Waals surface area contributed by atoms with Crippen molar-refractivity contribution in [3.8, 4) is 0 Å². The Morgan fingerprint density at radius 1 is 1.60 bits per heavy atom. The lowest BCUT2D eigenvalue weighted by Crippen LogP contribution is -2.02. The molecule has 4 nitrogen and oxygen atoms in total. The topological polar surface area (TPSA) is 42.2 Å². The maximum atomic E-state index is 4.32. The quantitative estimate of drug-likeness (QED) is 0.940. The first kappa shape index (κ1) is 10.6. The molecule has 0 aromatic carbocycles. The van der Waals surface area contributed by atoms with Gasteiger partial charge in [-0.15, -0.1) is 5.10 Å². The Labute approximate surface area is 104 Å². The molecule has 0 unspecified atom stereocenters. The van der Waals surface area contributed by atoms with Gasteiger partial charge in [-0.3, -0.25) is 0 Å². The Bertz CT molecular complexity index is 506. The molecule has 15 heavy (non-hydrogen) atoms. The lowest BCUT2D eigenvalue weighted by atomic mass is 10.5. The average molecular weight is 332 g/mol. The molecule has 6 heteroatoms. The maximum absolute atomic E-state index is 4.32. The van der Waals surface area contributed by atoms with Gasteiger partial charge < -0.3 is 5.32 Å². The van der Waals surface area contributed by atoms with Crippen LogP contribution in [0.5, 0.6) is 0 Å². The van der Waals surface area contributed by atoms with Gasteiger partial charge in [0.1, 0.15) is 0 Å². The minimum atomic E-state index is 0.586. The number of pyridine rings is 1. The molecule has 0 atom stereocenters. The standard InChI is InChI=1S/C9H8Br2N4/c1-6(10)5-12-9-13-8-7(11)3-2-4-15(8)14-9/h2-4H,1,5H2,(H,12,14). The third kappa shape index (κ3) is 2.38. The molecular formula is C9H8Br2N4. The second-order valence-electron chi connectivity index (χ2n) is 2.93. The monoisotopic (exact) mass is 330 g/mol. The summed E-state index contributed by atoms with van der Waals surface area (Å²) in [7, 11) is 0. The van der Waals surface area contributed by atoms with Crippen molar-refractivity contribution in [3.63, 3.8) is 0 Å². The van der Waals surface area contributed by atoms with Gasteiger partial charge >= 0.3 is 0 Å². The molecule has 0 aliphatic rings. The van der Waals surface area contributed by atoms with E-state index in [1.807, 2.05) is 18.3 Å². The van der Waals surface area contributed by atoms with Crippen LogP contribution < -0.4 is 5.32 Å². The Kier molecular flexibility index (Phi) is 3.06. The first-order valence-electron chi connectivity index (χ1n) is 4.25. The molecule has 2 aromatic heterocycles. The van der Waals surface area contributed by atoms with Gasteiger partial charge in [0.25, 0.3) is 0 Å². The highest BCUT2D eigenvalue weighted by atomic mass is 79.9. The zero-order chi connectivity index (χ0) is 10.8. The Morgan fingerprint density at radius 2 is 2.40 bits per heavy atom. The minimum Gasteiger partial charge on any atom is -0.348 e. The second-order valence-corrected chi connectivity index (χ2v) is 4.91. The van der Waals surface area contributed by atoms with Crippen LogP contribution in [0.4, 0.5) is 5.95 Å². The molecule has 0 spiro atoms. The van der Waals surface area contributed by atoms with Gasteiger partial charge in [0.15, 0.2) is 5.65 Å². The van der Waals surface area contributed by atoms with E-state index in [2.05, 4.69) is 53.8 Å². The van der Waals surface area contributed by atoms with E-state index in [1.54, 1.807) is 4.52 Å². The summed E-state index contributed by atoms with van der Waals surface area (Å²) in [6.07, 6.45) is 1.85. The Hall–Kier alpha value is -0.880. The number of anilines is 1. The van der Waals surface area contributed by atoms with Crippen molar-refractivity contribution < 1.29 is 0 Å². The van der Waals surface area contributed by atoms with Gasteiger partial charge in [0.2, 0.25) is 5.95 Å². The van der Waals surface area contributed by atoms with Gasteiger partial charge in [-0.05, 0) is 28.1 Å². The van der Waals surface area contributed by atoms with Crippen LogP contribution in [0.15, 0.2) is 33.9 Å². The minimum absolute atomic E-state index is 0.586. The SMILES string of the molecule is C=C(Br)CNc1nc2c(Br)cccn2n1. The predicted molar refractivity (Wildman–Crippen MR) is 67.2 cm³/mol. The van der Waals surface area contributed by atoms with Crippen molar-refractivity contribution in [2.45, 2.75) is 0 Å². The molecule has 2 heterocycles. The van der Waals surface area contributed by atoms with Crippen LogP contribution in [-0.4, -0.2) is 21.1 Å². The lowest BCUT2D eigenvalue weighted by Gasteiger charge is -1.96. The summed E-state index contributed by atoms with van der Waals surface area (Å²) in [5, 5.41) is 7.30. The van der Waals surface area contributed by atoms with Crippen LogP contribution in [0.1, 0.15) is 0 Å².